The first kappa shape index (κ1) is 17.3. The molecule has 0 aliphatic carbocycles. The number of nitrogens with two attached hydrogens (primary N) is 1. The standard InChI is InChI=1S/C7H13NO4S.K.H/c1-3-6(9)7(2,4-8)5-13(10,11)12;;/h3H,1,4-5,8H2,2H3,(H,10,11,12);;. The SMILES string of the molecule is C=CC(=O)C(C)(CN)CS(=O)(=O)O.[KH]. The summed E-state index contributed by atoms with van der Waals surface area (Å²) < 4.78 is 29.6. The van der Waals surface area contributed by atoms with Crippen molar-refractivity contribution < 1.29 is 17.8 Å². The van der Waals surface area contributed by atoms with Crippen molar-refractivity contribution in [1.29, 1.82) is 0 Å². The third kappa shape index (κ3) is 5.71. The molecular weight excluding hydrogens is 233 g/mol. The van der Waals surface area contributed by atoms with Gasteiger partial charge in [-0.2, -0.15) is 8.42 Å². The average Bonchev–Trinajstić information content (AvgIpc) is 1.99. The third-order valence-electron chi connectivity index (χ3n) is 1.73. The predicted molar refractivity (Wildman–Crippen MR) is 55.9 cm³/mol. The monoisotopic (exact) mass is 247 g/mol. The summed E-state index contributed by atoms with van der Waals surface area (Å²) in [7, 11) is -4.20. The summed E-state index contributed by atoms with van der Waals surface area (Å²) in [6, 6.07) is 0. The van der Waals surface area contributed by atoms with Gasteiger partial charge in [0, 0.05) is 6.54 Å². The predicted octanol–water partition coefficient (Wildman–Crippen LogP) is -1.05. The van der Waals surface area contributed by atoms with Gasteiger partial charge in [-0.3, -0.25) is 9.35 Å². The van der Waals surface area contributed by atoms with E-state index in [9.17, 15) is 13.2 Å². The summed E-state index contributed by atoms with van der Waals surface area (Å²) in [6.45, 7) is 4.43. The number of hydrogen-bond acceptors (Lipinski definition) is 4. The van der Waals surface area contributed by atoms with Crippen LogP contribution in [0.4, 0.5) is 0 Å². The van der Waals surface area contributed by atoms with Crippen molar-refractivity contribution in [3.05, 3.63) is 12.7 Å². The molecule has 0 heterocycles. The second-order valence-corrected chi connectivity index (χ2v) is 4.51. The first-order valence-corrected chi connectivity index (χ1v) is 5.18. The van der Waals surface area contributed by atoms with E-state index in [2.05, 4.69) is 6.58 Å². The number of rotatable bonds is 5. The van der Waals surface area contributed by atoms with Crippen LogP contribution in [0.3, 0.4) is 0 Å². The number of carbonyl (C=O) groups is 1. The van der Waals surface area contributed by atoms with Crippen LogP contribution < -0.4 is 5.73 Å². The Bertz CT molecular complexity index is 314. The van der Waals surface area contributed by atoms with Crippen LogP contribution in [-0.4, -0.2) is 82.4 Å². The van der Waals surface area contributed by atoms with Crippen molar-refractivity contribution in [2.24, 2.45) is 11.1 Å². The van der Waals surface area contributed by atoms with E-state index in [1.165, 1.54) is 6.92 Å². The molecule has 0 spiro atoms. The summed E-state index contributed by atoms with van der Waals surface area (Å²) in [5, 5.41) is 0. The first-order chi connectivity index (χ1) is 5.75. The van der Waals surface area contributed by atoms with Crippen LogP contribution in [0.2, 0.25) is 0 Å². The van der Waals surface area contributed by atoms with E-state index in [-0.39, 0.29) is 57.9 Å². The van der Waals surface area contributed by atoms with E-state index < -0.39 is 27.1 Å². The van der Waals surface area contributed by atoms with Crippen LogP contribution in [0.1, 0.15) is 6.92 Å². The molecule has 0 aliphatic rings. The zero-order valence-corrected chi connectivity index (χ0v) is 8.17. The fourth-order valence-electron chi connectivity index (χ4n) is 0.880. The van der Waals surface area contributed by atoms with Crippen LogP contribution in [0.15, 0.2) is 12.7 Å². The Labute approximate surface area is 126 Å². The summed E-state index contributed by atoms with van der Waals surface area (Å²) in [5.74, 6) is -1.17. The van der Waals surface area contributed by atoms with Gasteiger partial charge in [0.15, 0.2) is 5.78 Å². The molecule has 78 valence electrons. The minimum absolute atomic E-state index is 0. The maximum atomic E-state index is 11.2. The fourth-order valence-corrected chi connectivity index (χ4v) is 1.94. The molecule has 14 heavy (non-hydrogen) atoms. The number of allylic oxidation sites excluding steroid dienone is 1. The minimum atomic E-state index is -4.20. The summed E-state index contributed by atoms with van der Waals surface area (Å²) in [5.41, 5.74) is 3.96. The summed E-state index contributed by atoms with van der Waals surface area (Å²) in [4.78, 5) is 11.2. The van der Waals surface area contributed by atoms with Crippen molar-refractivity contribution >= 4 is 67.3 Å². The van der Waals surface area contributed by atoms with Crippen LogP contribution >= 0.6 is 0 Å². The van der Waals surface area contributed by atoms with E-state index in [0.29, 0.717) is 0 Å². The third-order valence-corrected chi connectivity index (χ3v) is 2.73. The van der Waals surface area contributed by atoms with Gasteiger partial charge < -0.3 is 5.73 Å². The van der Waals surface area contributed by atoms with Gasteiger partial charge in [0.1, 0.15) is 0 Å². The van der Waals surface area contributed by atoms with Gasteiger partial charge in [0.2, 0.25) is 0 Å². The molecule has 1 atom stereocenters. The van der Waals surface area contributed by atoms with Gasteiger partial charge in [-0.15, -0.1) is 0 Å². The second kappa shape index (κ2) is 6.49. The molecule has 0 aromatic carbocycles. The molecule has 0 saturated heterocycles. The quantitative estimate of drug-likeness (QED) is 0.367. The molecule has 0 amide bonds. The molecule has 0 aliphatic heterocycles. The Morgan fingerprint density at radius 1 is 1.64 bits per heavy atom. The second-order valence-electron chi connectivity index (χ2n) is 3.06. The van der Waals surface area contributed by atoms with Crippen LogP contribution in [-0.2, 0) is 14.9 Å². The van der Waals surface area contributed by atoms with E-state index in [4.69, 9.17) is 10.3 Å². The fraction of sp³-hybridized carbons (Fsp3) is 0.571. The van der Waals surface area contributed by atoms with E-state index in [0.717, 1.165) is 6.08 Å². The average molecular weight is 247 g/mol. The molecule has 0 rings (SSSR count). The van der Waals surface area contributed by atoms with Gasteiger partial charge in [-0.05, 0) is 13.0 Å². The topological polar surface area (TPSA) is 97.5 Å². The van der Waals surface area contributed by atoms with Crippen molar-refractivity contribution in [2.45, 2.75) is 6.92 Å². The molecule has 0 fully saturated rings. The number of carbonyl (C=O) groups excluding carboxylic acids is 1. The zero-order chi connectivity index (χ0) is 10.7. The molecule has 0 aromatic heterocycles. The molecule has 0 radical (unpaired) electrons. The van der Waals surface area contributed by atoms with Gasteiger partial charge in [-0.1, -0.05) is 6.58 Å². The number of ketones is 1. The van der Waals surface area contributed by atoms with E-state index >= 15 is 0 Å². The molecular formula is C7H14KNO4S. The molecule has 0 saturated carbocycles. The molecule has 0 bridgehead atoms. The van der Waals surface area contributed by atoms with Crippen LogP contribution in [0.5, 0.6) is 0 Å². The van der Waals surface area contributed by atoms with Gasteiger partial charge in [0.25, 0.3) is 10.1 Å². The molecule has 5 nitrogen and oxygen atoms in total. The summed E-state index contributed by atoms with van der Waals surface area (Å²) in [6.07, 6.45) is 0.998. The van der Waals surface area contributed by atoms with Crippen molar-refractivity contribution in [3.8, 4) is 0 Å². The Morgan fingerprint density at radius 3 is 2.29 bits per heavy atom. The van der Waals surface area contributed by atoms with Crippen molar-refractivity contribution in [3.63, 3.8) is 0 Å². The zero-order valence-electron chi connectivity index (χ0n) is 7.36. The molecule has 3 N–H and O–H groups in total. The molecule has 1 unspecified atom stereocenters. The van der Waals surface area contributed by atoms with Crippen LogP contribution in [0, 0.1) is 5.41 Å². The van der Waals surface area contributed by atoms with Crippen LogP contribution in [0.25, 0.3) is 0 Å². The van der Waals surface area contributed by atoms with Gasteiger partial charge >= 0.3 is 51.4 Å². The van der Waals surface area contributed by atoms with Gasteiger partial charge in [0.05, 0.1) is 11.2 Å². The summed E-state index contributed by atoms with van der Waals surface area (Å²) >= 11 is 0. The van der Waals surface area contributed by atoms with Crippen molar-refractivity contribution in [2.75, 3.05) is 12.3 Å². The van der Waals surface area contributed by atoms with Crippen molar-refractivity contribution in [1.82, 2.24) is 0 Å². The van der Waals surface area contributed by atoms with E-state index in [1.807, 2.05) is 0 Å². The Hall–Kier alpha value is 0.916. The Morgan fingerprint density at radius 2 is 2.07 bits per heavy atom. The molecule has 7 heteroatoms. The van der Waals surface area contributed by atoms with Gasteiger partial charge in [-0.25, -0.2) is 0 Å². The van der Waals surface area contributed by atoms with E-state index in [1.54, 1.807) is 0 Å². The Kier molecular flexibility index (Phi) is 8.02. The maximum absolute atomic E-state index is 11.2. The number of hydrogen-bond donors (Lipinski definition) is 2. The first-order valence-electron chi connectivity index (χ1n) is 3.57. The normalized spacial score (nSPS) is 15.1. The Balaban J connectivity index is 0. The molecule has 0 aromatic rings.